The first-order valence-electron chi connectivity index (χ1n) is 6.52. The molecule has 0 saturated carbocycles. The van der Waals surface area contributed by atoms with Gasteiger partial charge in [-0.25, -0.2) is 0 Å². The first-order valence-corrected chi connectivity index (χ1v) is 7.28. The van der Waals surface area contributed by atoms with E-state index >= 15 is 0 Å². The minimum Gasteiger partial charge on any atom is -0.495 e. The Balaban J connectivity index is 1.85. The summed E-state index contributed by atoms with van der Waals surface area (Å²) in [5.74, 6) is 1.22. The van der Waals surface area contributed by atoms with Crippen molar-refractivity contribution < 1.29 is 4.74 Å². The molecule has 0 fully saturated rings. The highest BCUT2D eigenvalue weighted by Gasteiger charge is 2.09. The molecule has 0 aliphatic heterocycles. The predicted octanol–water partition coefficient (Wildman–Crippen LogP) is 3.95. The minimum absolute atomic E-state index is 0.334. The SMILES string of the molecule is COc1ccc(CNc2nnc(Cl)c3cccnc23)cc1Cl. The van der Waals surface area contributed by atoms with Crippen molar-refractivity contribution in [3.63, 3.8) is 0 Å². The molecule has 2 aromatic heterocycles. The number of anilines is 1. The summed E-state index contributed by atoms with van der Waals surface area (Å²) in [4.78, 5) is 4.30. The van der Waals surface area contributed by atoms with E-state index in [1.807, 2.05) is 30.3 Å². The summed E-state index contributed by atoms with van der Waals surface area (Å²) >= 11 is 12.1. The number of aromatic nitrogens is 3. The summed E-state index contributed by atoms with van der Waals surface area (Å²) in [6.07, 6.45) is 1.69. The molecule has 7 heteroatoms. The first kappa shape index (κ1) is 14.8. The van der Waals surface area contributed by atoms with E-state index in [-0.39, 0.29) is 0 Å². The number of hydrogen-bond donors (Lipinski definition) is 1. The van der Waals surface area contributed by atoms with Gasteiger partial charge in [0.25, 0.3) is 0 Å². The molecule has 0 spiro atoms. The normalized spacial score (nSPS) is 10.7. The molecule has 0 aliphatic rings. The van der Waals surface area contributed by atoms with Crippen molar-refractivity contribution in [2.75, 3.05) is 12.4 Å². The van der Waals surface area contributed by atoms with Gasteiger partial charge in [-0.3, -0.25) is 4.98 Å². The van der Waals surface area contributed by atoms with Crippen molar-refractivity contribution in [2.45, 2.75) is 6.54 Å². The number of fused-ring (bicyclic) bond motifs is 1. The quantitative estimate of drug-likeness (QED) is 0.782. The van der Waals surface area contributed by atoms with Crippen molar-refractivity contribution in [3.05, 3.63) is 52.3 Å². The lowest BCUT2D eigenvalue weighted by Gasteiger charge is -2.09. The molecular formula is C15H12Cl2N4O. The third-order valence-corrected chi connectivity index (χ3v) is 3.74. The molecule has 1 N–H and O–H groups in total. The second-order valence-electron chi connectivity index (χ2n) is 4.56. The smallest absolute Gasteiger partial charge is 0.175 e. The molecule has 0 amide bonds. The van der Waals surface area contributed by atoms with Gasteiger partial charge in [0.05, 0.1) is 12.1 Å². The van der Waals surface area contributed by atoms with E-state index in [1.165, 1.54) is 0 Å². The molecular weight excluding hydrogens is 323 g/mol. The number of methoxy groups -OCH3 is 1. The van der Waals surface area contributed by atoms with Crippen LogP contribution in [0.1, 0.15) is 5.56 Å². The van der Waals surface area contributed by atoms with Crippen molar-refractivity contribution in [1.82, 2.24) is 15.2 Å². The van der Waals surface area contributed by atoms with E-state index in [0.717, 1.165) is 10.9 Å². The Labute approximate surface area is 137 Å². The number of benzene rings is 1. The van der Waals surface area contributed by atoms with Crippen LogP contribution in [0.25, 0.3) is 10.9 Å². The highest BCUT2D eigenvalue weighted by Crippen LogP contribution is 2.26. The maximum atomic E-state index is 6.12. The Morgan fingerprint density at radius 1 is 1.18 bits per heavy atom. The maximum Gasteiger partial charge on any atom is 0.175 e. The summed E-state index contributed by atoms with van der Waals surface area (Å²) < 4.78 is 5.13. The molecule has 112 valence electrons. The van der Waals surface area contributed by atoms with Crippen molar-refractivity contribution in [2.24, 2.45) is 0 Å². The lowest BCUT2D eigenvalue weighted by Crippen LogP contribution is -2.04. The molecule has 3 aromatic rings. The summed E-state index contributed by atoms with van der Waals surface area (Å²) in [6.45, 7) is 0.533. The molecule has 0 unspecified atom stereocenters. The Kier molecular flexibility index (Phi) is 4.27. The fourth-order valence-electron chi connectivity index (χ4n) is 2.08. The minimum atomic E-state index is 0.334. The molecule has 2 heterocycles. The number of rotatable bonds is 4. The number of pyridine rings is 1. The van der Waals surface area contributed by atoms with Crippen molar-refractivity contribution in [1.29, 1.82) is 0 Å². The Hall–Kier alpha value is -2.11. The zero-order valence-electron chi connectivity index (χ0n) is 11.7. The van der Waals surface area contributed by atoms with Crippen LogP contribution < -0.4 is 10.1 Å². The zero-order valence-corrected chi connectivity index (χ0v) is 13.2. The average molecular weight is 335 g/mol. The molecule has 3 rings (SSSR count). The zero-order chi connectivity index (χ0) is 15.5. The molecule has 0 saturated heterocycles. The Morgan fingerprint density at radius 3 is 2.82 bits per heavy atom. The van der Waals surface area contributed by atoms with Crippen LogP contribution in [0.3, 0.4) is 0 Å². The largest absolute Gasteiger partial charge is 0.495 e. The second-order valence-corrected chi connectivity index (χ2v) is 5.33. The number of nitrogens with zero attached hydrogens (tertiary/aromatic N) is 3. The fraction of sp³-hybridized carbons (Fsp3) is 0.133. The molecule has 22 heavy (non-hydrogen) atoms. The van der Waals surface area contributed by atoms with Gasteiger partial charge in [-0.15, -0.1) is 10.2 Å². The van der Waals surface area contributed by atoms with Gasteiger partial charge in [-0.2, -0.15) is 0 Å². The van der Waals surface area contributed by atoms with Gasteiger partial charge in [-0.1, -0.05) is 29.3 Å². The lowest BCUT2D eigenvalue weighted by molar-refractivity contribution is 0.415. The number of hydrogen-bond acceptors (Lipinski definition) is 5. The third kappa shape index (κ3) is 2.91. The van der Waals surface area contributed by atoms with E-state index in [1.54, 1.807) is 13.3 Å². The standard InChI is InChI=1S/C15H12Cl2N4O/c1-22-12-5-4-9(7-11(12)16)8-19-15-13-10(3-2-6-18-13)14(17)20-21-15/h2-7H,8H2,1H3,(H,19,21). The number of ether oxygens (including phenoxy) is 1. The summed E-state index contributed by atoms with van der Waals surface area (Å²) in [5, 5.41) is 12.9. The molecule has 0 atom stereocenters. The maximum absolute atomic E-state index is 6.12. The van der Waals surface area contributed by atoms with Gasteiger partial charge in [0, 0.05) is 18.1 Å². The molecule has 0 radical (unpaired) electrons. The van der Waals surface area contributed by atoms with Crippen LogP contribution in [0.2, 0.25) is 10.2 Å². The fourth-order valence-corrected chi connectivity index (χ4v) is 2.55. The summed E-state index contributed by atoms with van der Waals surface area (Å²) in [5.41, 5.74) is 1.67. The van der Waals surface area contributed by atoms with Crippen molar-refractivity contribution >= 4 is 39.9 Å². The van der Waals surface area contributed by atoms with Gasteiger partial charge < -0.3 is 10.1 Å². The van der Waals surface area contributed by atoms with E-state index in [9.17, 15) is 0 Å². The van der Waals surface area contributed by atoms with Crippen LogP contribution in [0.15, 0.2) is 36.5 Å². The van der Waals surface area contributed by atoms with Crippen LogP contribution in [0, 0.1) is 0 Å². The molecule has 5 nitrogen and oxygen atoms in total. The first-order chi connectivity index (χ1) is 10.7. The highest BCUT2D eigenvalue weighted by atomic mass is 35.5. The van der Waals surface area contributed by atoms with Gasteiger partial charge in [0.15, 0.2) is 11.0 Å². The topological polar surface area (TPSA) is 59.9 Å². The van der Waals surface area contributed by atoms with Crippen molar-refractivity contribution in [3.8, 4) is 5.75 Å². The monoisotopic (exact) mass is 334 g/mol. The molecule has 1 aromatic carbocycles. The van der Waals surface area contributed by atoms with Crippen LogP contribution in [-0.2, 0) is 6.54 Å². The Morgan fingerprint density at radius 2 is 2.05 bits per heavy atom. The lowest BCUT2D eigenvalue weighted by atomic mass is 10.2. The van der Waals surface area contributed by atoms with Gasteiger partial charge in [0.2, 0.25) is 0 Å². The Bertz CT molecular complexity index is 826. The van der Waals surface area contributed by atoms with Crippen LogP contribution >= 0.6 is 23.2 Å². The summed E-state index contributed by atoms with van der Waals surface area (Å²) in [6, 6.07) is 9.25. The van der Waals surface area contributed by atoms with E-state index in [4.69, 9.17) is 27.9 Å². The van der Waals surface area contributed by atoms with E-state index in [2.05, 4.69) is 20.5 Å². The summed E-state index contributed by atoms with van der Waals surface area (Å²) in [7, 11) is 1.58. The second kappa shape index (κ2) is 6.34. The average Bonchev–Trinajstić information content (AvgIpc) is 2.55. The predicted molar refractivity (Wildman–Crippen MR) is 87.7 cm³/mol. The van der Waals surface area contributed by atoms with Gasteiger partial charge >= 0.3 is 0 Å². The van der Waals surface area contributed by atoms with E-state index < -0.39 is 0 Å². The number of nitrogens with one attached hydrogen (secondary N) is 1. The van der Waals surface area contributed by atoms with Crippen LogP contribution in [0.5, 0.6) is 5.75 Å². The van der Waals surface area contributed by atoms with Gasteiger partial charge in [-0.05, 0) is 29.8 Å². The number of halogens is 2. The van der Waals surface area contributed by atoms with Gasteiger partial charge in [0.1, 0.15) is 11.3 Å². The van der Waals surface area contributed by atoms with Crippen LogP contribution in [0.4, 0.5) is 5.82 Å². The van der Waals surface area contributed by atoms with E-state index in [0.29, 0.717) is 33.8 Å². The molecule has 0 aliphatic carbocycles. The van der Waals surface area contributed by atoms with Crippen LogP contribution in [-0.4, -0.2) is 22.3 Å². The highest BCUT2D eigenvalue weighted by molar-refractivity contribution is 6.34. The molecule has 0 bridgehead atoms. The third-order valence-electron chi connectivity index (χ3n) is 3.17.